The van der Waals surface area contributed by atoms with Crippen LogP contribution in [0, 0.1) is 0 Å². The molecule has 44 valence electrons. The third-order valence-electron chi connectivity index (χ3n) is 0.475. The van der Waals surface area contributed by atoms with Crippen LogP contribution in [-0.4, -0.2) is 22.4 Å². The Bertz CT molecular complexity index is 53.7. The van der Waals surface area contributed by atoms with Crippen LogP contribution in [-0.2, 0) is 8.85 Å². The third-order valence-corrected chi connectivity index (χ3v) is 2.35. The minimum atomic E-state index is -3.68. The topological polar surface area (TPSA) is 18.5 Å². The van der Waals surface area contributed by atoms with E-state index in [1.165, 1.54) is 14.2 Å². The van der Waals surface area contributed by atoms with E-state index >= 15 is 0 Å². The van der Waals surface area contributed by atoms with Gasteiger partial charge in [-0.05, 0) is 0 Å². The fourth-order valence-corrected chi connectivity index (χ4v) is 0.250. The molecule has 0 saturated heterocycles. The Hall–Kier alpha value is 0.357. The normalized spacial score (nSPS) is 12.0. The van der Waals surface area contributed by atoms with Gasteiger partial charge in [0.05, 0.1) is 0 Å². The third kappa shape index (κ3) is 2.99. The molecule has 0 N–H and O–H groups in total. The van der Waals surface area contributed by atoms with Crippen LogP contribution in [0.3, 0.4) is 0 Å². The van der Waals surface area contributed by atoms with Crippen molar-refractivity contribution in [1.82, 2.24) is 0 Å². The van der Waals surface area contributed by atoms with E-state index in [9.17, 15) is 4.11 Å². The van der Waals surface area contributed by atoms with Gasteiger partial charge in [0.1, 0.15) is 0 Å². The lowest BCUT2D eigenvalue weighted by Crippen LogP contribution is -2.26. The van der Waals surface area contributed by atoms with Crippen LogP contribution in [0.2, 0.25) is 0 Å². The molecule has 0 heterocycles. The van der Waals surface area contributed by atoms with Crippen molar-refractivity contribution in [3.63, 3.8) is 0 Å². The molecule has 0 aromatic carbocycles. The van der Waals surface area contributed by atoms with Crippen molar-refractivity contribution in [3.8, 4) is 0 Å². The average molecular weight is 145 g/mol. The molecule has 0 aliphatic rings. The summed E-state index contributed by atoms with van der Waals surface area (Å²) in [5.41, 5.74) is 0. The summed E-state index contributed by atoms with van der Waals surface area (Å²) in [5, 5.41) is 0. The molecule has 7 heavy (non-hydrogen) atoms. The maximum Gasteiger partial charge on any atom is 0.651 e. The molecule has 0 aromatic heterocycles. The molecule has 5 heteroatoms. The van der Waals surface area contributed by atoms with E-state index in [-0.39, 0.29) is 0 Å². The summed E-state index contributed by atoms with van der Waals surface area (Å²) >= 11 is 4.93. The van der Waals surface area contributed by atoms with Gasteiger partial charge >= 0.3 is 8.20 Å². The predicted molar refractivity (Wildman–Crippen MR) is 26.7 cm³/mol. The minimum absolute atomic E-state index is 1.17. The fourth-order valence-electron chi connectivity index (χ4n) is 0.0833. The smallest absolute Gasteiger partial charge is 0.362 e. The maximum absolute atomic E-state index is 12.0. The molecule has 0 spiro atoms. The van der Waals surface area contributed by atoms with Gasteiger partial charge in [-0.1, -0.05) is 11.1 Å². The first kappa shape index (κ1) is 7.36. The van der Waals surface area contributed by atoms with Crippen LogP contribution in [0.25, 0.3) is 0 Å². The van der Waals surface area contributed by atoms with Crippen molar-refractivity contribution < 1.29 is 13.0 Å². The molecule has 0 rings (SSSR count). The van der Waals surface area contributed by atoms with E-state index in [1.54, 1.807) is 0 Å². The Kier molecular flexibility index (Phi) is 2.75. The minimum Gasteiger partial charge on any atom is -0.362 e. The van der Waals surface area contributed by atoms with Crippen LogP contribution in [0.15, 0.2) is 0 Å². The fraction of sp³-hybridized carbons (Fsp3) is 1.00. The molecule has 0 atom stereocenters. The van der Waals surface area contributed by atoms with Crippen molar-refractivity contribution in [1.29, 1.82) is 0 Å². The molecular formula is C2H6ClFO2Si. The van der Waals surface area contributed by atoms with Crippen LogP contribution in [0.5, 0.6) is 0 Å². The summed E-state index contributed by atoms with van der Waals surface area (Å²) in [4.78, 5) is 0. The monoisotopic (exact) mass is 144 g/mol. The Morgan fingerprint density at radius 1 is 1.43 bits per heavy atom. The molecule has 0 fully saturated rings. The highest BCUT2D eigenvalue weighted by Gasteiger charge is 2.34. The van der Waals surface area contributed by atoms with Crippen molar-refractivity contribution in [2.75, 3.05) is 14.2 Å². The number of hydrogen-bond acceptors (Lipinski definition) is 2. The molecule has 0 unspecified atom stereocenters. The Morgan fingerprint density at radius 3 is 1.71 bits per heavy atom. The molecule has 0 radical (unpaired) electrons. The summed E-state index contributed by atoms with van der Waals surface area (Å²) in [6.07, 6.45) is 0. The van der Waals surface area contributed by atoms with Crippen molar-refractivity contribution in [2.24, 2.45) is 0 Å². The highest BCUT2D eigenvalue weighted by Crippen LogP contribution is 2.09. The van der Waals surface area contributed by atoms with Crippen molar-refractivity contribution >= 4 is 19.3 Å². The van der Waals surface area contributed by atoms with Crippen LogP contribution in [0.4, 0.5) is 4.11 Å². The van der Waals surface area contributed by atoms with E-state index < -0.39 is 8.20 Å². The summed E-state index contributed by atoms with van der Waals surface area (Å²) in [6.45, 7) is 0. The molecule has 0 aliphatic heterocycles. The van der Waals surface area contributed by atoms with Gasteiger partial charge in [0, 0.05) is 14.2 Å². The van der Waals surface area contributed by atoms with Crippen molar-refractivity contribution in [2.45, 2.75) is 0 Å². The van der Waals surface area contributed by atoms with Gasteiger partial charge in [0.2, 0.25) is 0 Å². The molecule has 0 aliphatic carbocycles. The first-order valence-electron chi connectivity index (χ1n) is 1.60. The molecule has 0 amide bonds. The van der Waals surface area contributed by atoms with E-state index in [0.29, 0.717) is 0 Å². The number of hydrogen-bond donors (Lipinski definition) is 0. The molecule has 0 bridgehead atoms. The average Bonchev–Trinajstić information content (AvgIpc) is 1.68. The first-order chi connectivity index (χ1) is 3.12. The zero-order valence-corrected chi connectivity index (χ0v) is 5.83. The second-order valence-corrected chi connectivity index (χ2v) is 3.97. The Balaban J connectivity index is 3.36. The molecule has 0 aromatic rings. The zero-order valence-electron chi connectivity index (χ0n) is 4.07. The van der Waals surface area contributed by atoms with E-state index in [1.807, 2.05) is 0 Å². The second-order valence-electron chi connectivity index (χ2n) is 0.872. The standard InChI is InChI=1S/C2H6ClFO2Si/c1-5-7(3,4)6-2/h1-2H3. The summed E-state index contributed by atoms with van der Waals surface area (Å²) in [7, 11) is -1.34. The number of halogens is 2. The predicted octanol–water partition coefficient (Wildman–Crippen LogP) is 0.923. The maximum atomic E-state index is 12.0. The van der Waals surface area contributed by atoms with Gasteiger partial charge in [0.15, 0.2) is 0 Å². The highest BCUT2D eigenvalue weighted by molar-refractivity contribution is 7.08. The molecule has 2 nitrogen and oxygen atoms in total. The summed E-state index contributed by atoms with van der Waals surface area (Å²) < 4.78 is 20.2. The lowest BCUT2D eigenvalue weighted by atomic mass is 11.8. The van der Waals surface area contributed by atoms with Gasteiger partial charge < -0.3 is 8.85 Å². The van der Waals surface area contributed by atoms with E-state index in [2.05, 4.69) is 8.85 Å². The summed E-state index contributed by atoms with van der Waals surface area (Å²) in [6, 6.07) is 0. The lowest BCUT2D eigenvalue weighted by Gasteiger charge is -2.05. The molecular weight excluding hydrogens is 139 g/mol. The van der Waals surface area contributed by atoms with Gasteiger partial charge in [-0.25, -0.2) is 4.11 Å². The Labute approximate surface area is 47.3 Å². The van der Waals surface area contributed by atoms with Crippen LogP contribution < -0.4 is 0 Å². The number of rotatable bonds is 2. The lowest BCUT2D eigenvalue weighted by molar-refractivity contribution is 0.219. The SMILES string of the molecule is CO[Si](F)(Cl)OC. The van der Waals surface area contributed by atoms with Crippen molar-refractivity contribution in [3.05, 3.63) is 0 Å². The zero-order chi connectivity index (χ0) is 5.91. The second kappa shape index (κ2) is 2.61. The van der Waals surface area contributed by atoms with Gasteiger partial charge in [-0.2, -0.15) is 0 Å². The highest BCUT2D eigenvalue weighted by atomic mass is 35.6. The van der Waals surface area contributed by atoms with Gasteiger partial charge in [0.25, 0.3) is 0 Å². The van der Waals surface area contributed by atoms with Gasteiger partial charge in [-0.15, -0.1) is 0 Å². The van der Waals surface area contributed by atoms with Crippen LogP contribution in [0.1, 0.15) is 0 Å². The largest absolute Gasteiger partial charge is 0.651 e. The van der Waals surface area contributed by atoms with Gasteiger partial charge in [-0.3, -0.25) is 0 Å². The van der Waals surface area contributed by atoms with E-state index in [0.717, 1.165) is 0 Å². The summed E-state index contributed by atoms with van der Waals surface area (Å²) in [5.74, 6) is 0. The quantitative estimate of drug-likeness (QED) is 0.424. The van der Waals surface area contributed by atoms with E-state index in [4.69, 9.17) is 11.1 Å². The first-order valence-corrected chi connectivity index (χ1v) is 4.31. The van der Waals surface area contributed by atoms with Crippen LogP contribution >= 0.6 is 11.1 Å². The molecule has 0 saturated carbocycles. The Morgan fingerprint density at radius 2 is 1.71 bits per heavy atom.